The predicted molar refractivity (Wildman–Crippen MR) is 143 cm³/mol. The van der Waals surface area contributed by atoms with Crippen molar-refractivity contribution >= 4 is 16.7 Å². The van der Waals surface area contributed by atoms with Crippen molar-refractivity contribution in [2.24, 2.45) is 5.92 Å². The van der Waals surface area contributed by atoms with E-state index in [0.717, 1.165) is 41.5 Å². The molecule has 0 saturated carbocycles. The molecule has 0 N–H and O–H groups in total. The molecule has 2 unspecified atom stereocenters. The Labute approximate surface area is 211 Å². The second kappa shape index (κ2) is 17.0. The lowest BCUT2D eigenvalue weighted by atomic mass is 10.0. The van der Waals surface area contributed by atoms with Crippen molar-refractivity contribution in [3.05, 3.63) is 49.1 Å². The molecule has 5 nitrogen and oxygen atoms in total. The SMILES string of the molecule is C=CC(=O)OC(COCC(CC)CCCC)COc1ccc(OCCCCCC)c2ccccc12. The molecular weight excluding hydrogens is 440 g/mol. The molecule has 0 amide bonds. The molecule has 2 aromatic rings. The summed E-state index contributed by atoms with van der Waals surface area (Å²) >= 11 is 0. The molecular formula is C30H44O5. The van der Waals surface area contributed by atoms with Gasteiger partial charge in [-0.25, -0.2) is 4.79 Å². The van der Waals surface area contributed by atoms with Gasteiger partial charge in [0, 0.05) is 23.5 Å². The number of hydrogen-bond donors (Lipinski definition) is 0. The zero-order chi connectivity index (χ0) is 25.3. The summed E-state index contributed by atoms with van der Waals surface area (Å²) in [6, 6.07) is 11.9. The van der Waals surface area contributed by atoms with Crippen molar-refractivity contribution in [1.82, 2.24) is 0 Å². The fraction of sp³-hybridized carbons (Fsp3) is 0.567. The summed E-state index contributed by atoms with van der Waals surface area (Å²) < 4.78 is 23.7. The number of rotatable bonds is 19. The van der Waals surface area contributed by atoms with Crippen molar-refractivity contribution in [1.29, 1.82) is 0 Å². The van der Waals surface area contributed by atoms with Crippen LogP contribution in [0.3, 0.4) is 0 Å². The standard InChI is InChI=1S/C30H44O5/c1-5-9-11-14-20-33-28-18-19-29(27-17-13-12-16-26(27)28)34-23-25(35-30(31)8-4)22-32-21-24(7-3)15-10-6-2/h8,12-13,16-19,24-25H,4-7,9-11,14-15,20-23H2,1-3H3. The number of carbonyl (C=O) groups excluding carboxylic acids is 1. The molecule has 0 heterocycles. The number of benzene rings is 2. The second-order valence-electron chi connectivity index (χ2n) is 9.04. The maximum atomic E-state index is 11.9. The Morgan fingerprint density at radius 2 is 1.54 bits per heavy atom. The van der Waals surface area contributed by atoms with E-state index in [0.29, 0.717) is 25.7 Å². The fourth-order valence-electron chi connectivity index (χ4n) is 3.98. The molecule has 0 aliphatic rings. The molecule has 0 spiro atoms. The van der Waals surface area contributed by atoms with Gasteiger partial charge in [0.05, 0.1) is 13.2 Å². The van der Waals surface area contributed by atoms with Crippen LogP contribution in [0.2, 0.25) is 0 Å². The monoisotopic (exact) mass is 484 g/mol. The highest BCUT2D eigenvalue weighted by atomic mass is 16.6. The van der Waals surface area contributed by atoms with Gasteiger partial charge in [-0.3, -0.25) is 0 Å². The van der Waals surface area contributed by atoms with Gasteiger partial charge >= 0.3 is 5.97 Å². The third-order valence-electron chi connectivity index (χ3n) is 6.17. The van der Waals surface area contributed by atoms with E-state index >= 15 is 0 Å². The van der Waals surface area contributed by atoms with E-state index in [-0.39, 0.29) is 6.61 Å². The van der Waals surface area contributed by atoms with Crippen molar-refractivity contribution < 1.29 is 23.7 Å². The van der Waals surface area contributed by atoms with Crippen LogP contribution in [0.15, 0.2) is 49.1 Å². The van der Waals surface area contributed by atoms with E-state index in [1.54, 1.807) is 0 Å². The molecule has 0 bridgehead atoms. The van der Waals surface area contributed by atoms with Gasteiger partial charge in [0.15, 0.2) is 6.10 Å². The summed E-state index contributed by atoms with van der Waals surface area (Å²) in [6.07, 6.45) is 9.94. The van der Waals surface area contributed by atoms with E-state index in [1.807, 2.05) is 36.4 Å². The molecule has 0 aliphatic carbocycles. The summed E-state index contributed by atoms with van der Waals surface area (Å²) in [5, 5.41) is 1.98. The Kier molecular flexibility index (Phi) is 13.9. The molecule has 194 valence electrons. The topological polar surface area (TPSA) is 54.0 Å². The smallest absolute Gasteiger partial charge is 0.330 e. The lowest BCUT2D eigenvalue weighted by Gasteiger charge is -2.21. The van der Waals surface area contributed by atoms with Gasteiger partial charge in [0.25, 0.3) is 0 Å². The van der Waals surface area contributed by atoms with E-state index in [4.69, 9.17) is 18.9 Å². The lowest BCUT2D eigenvalue weighted by molar-refractivity contribution is -0.148. The van der Waals surface area contributed by atoms with Gasteiger partial charge in [-0.05, 0) is 30.9 Å². The van der Waals surface area contributed by atoms with E-state index < -0.39 is 12.1 Å². The van der Waals surface area contributed by atoms with Crippen LogP contribution in [-0.4, -0.2) is 38.5 Å². The molecule has 0 radical (unpaired) electrons. The minimum absolute atomic E-state index is 0.201. The highest BCUT2D eigenvalue weighted by Crippen LogP contribution is 2.33. The van der Waals surface area contributed by atoms with Gasteiger partial charge < -0.3 is 18.9 Å². The molecule has 2 rings (SSSR count). The largest absolute Gasteiger partial charge is 0.493 e. The maximum absolute atomic E-state index is 11.9. The second-order valence-corrected chi connectivity index (χ2v) is 9.04. The molecule has 2 atom stereocenters. The van der Waals surface area contributed by atoms with Crippen LogP contribution in [0.5, 0.6) is 11.5 Å². The minimum Gasteiger partial charge on any atom is -0.493 e. The Balaban J connectivity index is 2.01. The zero-order valence-electron chi connectivity index (χ0n) is 21.9. The number of carbonyl (C=O) groups is 1. The Morgan fingerprint density at radius 1 is 0.857 bits per heavy atom. The molecule has 0 saturated heterocycles. The summed E-state index contributed by atoms with van der Waals surface area (Å²) in [5.41, 5.74) is 0. The third-order valence-corrected chi connectivity index (χ3v) is 6.17. The van der Waals surface area contributed by atoms with E-state index in [1.165, 1.54) is 38.2 Å². The predicted octanol–water partition coefficient (Wildman–Crippen LogP) is 7.51. The average Bonchev–Trinajstić information content (AvgIpc) is 2.89. The normalized spacial score (nSPS) is 12.8. The van der Waals surface area contributed by atoms with Crippen molar-refractivity contribution in [3.63, 3.8) is 0 Å². The van der Waals surface area contributed by atoms with E-state index in [9.17, 15) is 4.79 Å². The van der Waals surface area contributed by atoms with Crippen LogP contribution in [0.25, 0.3) is 10.8 Å². The first-order valence-corrected chi connectivity index (χ1v) is 13.3. The molecule has 0 fully saturated rings. The van der Waals surface area contributed by atoms with Crippen molar-refractivity contribution in [2.75, 3.05) is 26.4 Å². The Hall–Kier alpha value is -2.53. The highest BCUT2D eigenvalue weighted by molar-refractivity contribution is 5.93. The van der Waals surface area contributed by atoms with Gasteiger partial charge in [0.1, 0.15) is 18.1 Å². The Bertz CT molecular complexity index is 878. The van der Waals surface area contributed by atoms with Crippen LogP contribution in [0.1, 0.15) is 72.1 Å². The van der Waals surface area contributed by atoms with Crippen molar-refractivity contribution in [2.45, 2.75) is 78.2 Å². The quantitative estimate of drug-likeness (QED) is 0.117. The van der Waals surface area contributed by atoms with Crippen LogP contribution in [-0.2, 0) is 14.3 Å². The number of ether oxygens (including phenoxy) is 4. The summed E-state index contributed by atoms with van der Waals surface area (Å²) in [7, 11) is 0. The number of fused-ring (bicyclic) bond motifs is 1. The van der Waals surface area contributed by atoms with E-state index in [2.05, 4.69) is 27.4 Å². The maximum Gasteiger partial charge on any atom is 0.330 e. The molecule has 2 aromatic carbocycles. The van der Waals surface area contributed by atoms with Crippen LogP contribution in [0, 0.1) is 5.92 Å². The van der Waals surface area contributed by atoms with Gasteiger partial charge in [-0.1, -0.05) is 90.1 Å². The number of esters is 1. The third kappa shape index (κ3) is 10.3. The highest BCUT2D eigenvalue weighted by Gasteiger charge is 2.17. The van der Waals surface area contributed by atoms with Crippen LogP contribution in [0.4, 0.5) is 0 Å². The lowest BCUT2D eigenvalue weighted by Crippen LogP contribution is -2.30. The van der Waals surface area contributed by atoms with Crippen LogP contribution >= 0.6 is 0 Å². The molecule has 35 heavy (non-hydrogen) atoms. The van der Waals surface area contributed by atoms with Crippen molar-refractivity contribution in [3.8, 4) is 11.5 Å². The first kappa shape index (κ1) is 28.7. The Morgan fingerprint density at radius 3 is 2.17 bits per heavy atom. The van der Waals surface area contributed by atoms with Crippen LogP contribution < -0.4 is 9.47 Å². The number of unbranched alkanes of at least 4 members (excludes halogenated alkanes) is 4. The summed E-state index contributed by atoms with van der Waals surface area (Å²) in [4.78, 5) is 11.9. The molecule has 0 aromatic heterocycles. The number of hydrogen-bond acceptors (Lipinski definition) is 5. The molecule has 0 aliphatic heterocycles. The van der Waals surface area contributed by atoms with Gasteiger partial charge in [-0.2, -0.15) is 0 Å². The zero-order valence-corrected chi connectivity index (χ0v) is 21.9. The van der Waals surface area contributed by atoms with Gasteiger partial charge in [0.2, 0.25) is 0 Å². The minimum atomic E-state index is -0.516. The first-order chi connectivity index (χ1) is 17.1. The van der Waals surface area contributed by atoms with Gasteiger partial charge in [-0.15, -0.1) is 0 Å². The first-order valence-electron chi connectivity index (χ1n) is 13.3. The average molecular weight is 485 g/mol. The summed E-state index contributed by atoms with van der Waals surface area (Å²) in [5.74, 6) is 1.63. The fourth-order valence-corrected chi connectivity index (χ4v) is 3.98. The summed E-state index contributed by atoms with van der Waals surface area (Å²) in [6.45, 7) is 12.0. The molecule has 5 heteroatoms.